The minimum absolute atomic E-state index is 0.0171. The monoisotopic (exact) mass is 347 g/mol. The fraction of sp³-hybridized carbons (Fsp3) is 0.632. The Labute approximate surface area is 151 Å². The molecule has 5 nitrogen and oxygen atoms in total. The molecule has 1 aromatic rings. The third-order valence-corrected chi connectivity index (χ3v) is 4.82. The molecule has 1 saturated heterocycles. The molecule has 2 rings (SSSR count). The van der Waals surface area contributed by atoms with Gasteiger partial charge < -0.3 is 19.4 Å². The van der Waals surface area contributed by atoms with E-state index in [0.717, 1.165) is 17.6 Å². The second-order valence-corrected chi connectivity index (χ2v) is 7.81. The number of carbonyl (C=O) groups is 1. The summed E-state index contributed by atoms with van der Waals surface area (Å²) < 4.78 is 17.8. The molecule has 138 valence electrons. The third kappa shape index (κ3) is 4.99. The average molecular weight is 347 g/mol. The molecule has 1 N–H and O–H groups in total. The number of ether oxygens (including phenoxy) is 1. The summed E-state index contributed by atoms with van der Waals surface area (Å²) in [4.78, 5) is 11.5. The lowest BCUT2D eigenvalue weighted by Crippen LogP contribution is -2.41. The zero-order valence-electron chi connectivity index (χ0n) is 16.2. The van der Waals surface area contributed by atoms with Gasteiger partial charge in [-0.05, 0) is 51.7 Å². The van der Waals surface area contributed by atoms with E-state index >= 15 is 0 Å². The number of rotatable bonds is 7. The summed E-state index contributed by atoms with van der Waals surface area (Å²) in [6, 6.07) is 7.79. The Morgan fingerprint density at radius 2 is 1.68 bits per heavy atom. The van der Waals surface area contributed by atoms with Crippen LogP contribution in [0.1, 0.15) is 48.0 Å². The molecule has 0 atom stereocenters. The fourth-order valence-electron chi connectivity index (χ4n) is 2.38. The Bertz CT molecular complexity index is 568. The summed E-state index contributed by atoms with van der Waals surface area (Å²) in [7, 11) is -0.356. The molecule has 1 fully saturated rings. The summed E-state index contributed by atoms with van der Waals surface area (Å²) in [5, 5.41) is 2.88. The highest BCUT2D eigenvalue weighted by atomic mass is 16.7. The highest BCUT2D eigenvalue weighted by Gasteiger charge is 2.51. The van der Waals surface area contributed by atoms with E-state index < -0.39 is 0 Å². The van der Waals surface area contributed by atoms with E-state index in [4.69, 9.17) is 14.0 Å². The van der Waals surface area contributed by atoms with Crippen LogP contribution >= 0.6 is 0 Å². The third-order valence-electron chi connectivity index (χ3n) is 4.82. The van der Waals surface area contributed by atoms with Crippen LogP contribution in [0.25, 0.3) is 0 Å². The highest BCUT2D eigenvalue weighted by Crippen LogP contribution is 2.36. The maximum absolute atomic E-state index is 11.5. The van der Waals surface area contributed by atoms with Gasteiger partial charge in [0.25, 0.3) is 0 Å². The first-order chi connectivity index (χ1) is 11.6. The normalized spacial score (nSPS) is 18.4. The molecule has 1 heterocycles. The summed E-state index contributed by atoms with van der Waals surface area (Å²) in [5.41, 5.74) is 0.302. The summed E-state index contributed by atoms with van der Waals surface area (Å²) >= 11 is 0. The number of carbonyl (C=O) groups excluding carboxylic acids is 1. The second kappa shape index (κ2) is 7.79. The largest absolute Gasteiger partial charge is 0.494 e. The summed E-state index contributed by atoms with van der Waals surface area (Å²) in [6.45, 7) is 13.1. The molecule has 25 heavy (non-hydrogen) atoms. The van der Waals surface area contributed by atoms with Gasteiger partial charge in [0.2, 0.25) is 5.91 Å². The van der Waals surface area contributed by atoms with Gasteiger partial charge >= 0.3 is 7.12 Å². The molecule has 0 aliphatic carbocycles. The predicted molar refractivity (Wildman–Crippen MR) is 100 cm³/mol. The van der Waals surface area contributed by atoms with E-state index in [1.807, 2.05) is 65.8 Å². The topological polar surface area (TPSA) is 56.8 Å². The van der Waals surface area contributed by atoms with E-state index in [-0.39, 0.29) is 30.1 Å². The van der Waals surface area contributed by atoms with Crippen molar-refractivity contribution in [1.29, 1.82) is 0 Å². The first-order valence-corrected chi connectivity index (χ1v) is 8.98. The molecular weight excluding hydrogens is 317 g/mol. The molecule has 0 unspecified atom stereocenters. The minimum Gasteiger partial charge on any atom is -0.494 e. The fourth-order valence-corrected chi connectivity index (χ4v) is 2.38. The zero-order chi connectivity index (χ0) is 18.7. The molecule has 0 radical (unpaired) electrons. The quantitative estimate of drug-likeness (QED) is 0.608. The number of hydrogen-bond donors (Lipinski definition) is 1. The molecule has 1 aliphatic heterocycles. The molecule has 1 aromatic carbocycles. The smallest absolute Gasteiger partial charge is 0.494 e. The van der Waals surface area contributed by atoms with Gasteiger partial charge in [0.15, 0.2) is 0 Å². The Kier molecular flexibility index (Phi) is 6.17. The van der Waals surface area contributed by atoms with Crippen LogP contribution in [0.3, 0.4) is 0 Å². The van der Waals surface area contributed by atoms with Crippen LogP contribution in [0.2, 0.25) is 0 Å². The van der Waals surface area contributed by atoms with Crippen molar-refractivity contribution in [3.05, 3.63) is 24.3 Å². The SMILES string of the molecule is CC(C)C(=O)NCCCOc1ccc(B2OC(C)(C)C(C)(C)O2)cc1. The van der Waals surface area contributed by atoms with Crippen LogP contribution in [0.15, 0.2) is 24.3 Å². The van der Waals surface area contributed by atoms with Crippen LogP contribution in [-0.4, -0.2) is 37.4 Å². The van der Waals surface area contributed by atoms with Crippen molar-refractivity contribution in [1.82, 2.24) is 5.32 Å². The van der Waals surface area contributed by atoms with Gasteiger partial charge in [-0.1, -0.05) is 26.0 Å². The standard InChI is InChI=1S/C19H30BNO4/c1-14(2)17(22)21-12-7-13-23-16-10-8-15(9-11-16)20-24-18(3,4)19(5,6)25-20/h8-11,14H,7,12-13H2,1-6H3,(H,21,22). The highest BCUT2D eigenvalue weighted by molar-refractivity contribution is 6.62. The summed E-state index contributed by atoms with van der Waals surface area (Å²) in [5.74, 6) is 0.894. The molecule has 0 saturated carbocycles. The van der Waals surface area contributed by atoms with Crippen molar-refractivity contribution in [2.24, 2.45) is 5.92 Å². The lowest BCUT2D eigenvalue weighted by molar-refractivity contribution is -0.123. The van der Waals surface area contributed by atoms with Gasteiger partial charge in [0.05, 0.1) is 17.8 Å². The number of hydrogen-bond acceptors (Lipinski definition) is 4. The van der Waals surface area contributed by atoms with Crippen LogP contribution < -0.4 is 15.5 Å². The van der Waals surface area contributed by atoms with Gasteiger partial charge in [-0.2, -0.15) is 0 Å². The Morgan fingerprint density at radius 3 is 2.20 bits per heavy atom. The molecule has 1 amide bonds. The lowest BCUT2D eigenvalue weighted by atomic mass is 9.79. The predicted octanol–water partition coefficient (Wildman–Crippen LogP) is 2.53. The van der Waals surface area contributed by atoms with E-state index in [0.29, 0.717) is 13.2 Å². The first kappa shape index (κ1) is 19.8. The van der Waals surface area contributed by atoms with Gasteiger partial charge in [-0.15, -0.1) is 0 Å². The van der Waals surface area contributed by atoms with Gasteiger partial charge in [-0.3, -0.25) is 4.79 Å². The summed E-state index contributed by atoms with van der Waals surface area (Å²) in [6.07, 6.45) is 0.775. The minimum atomic E-state index is -0.356. The molecule has 0 aromatic heterocycles. The molecule has 6 heteroatoms. The van der Waals surface area contributed by atoms with Crippen molar-refractivity contribution in [2.75, 3.05) is 13.2 Å². The lowest BCUT2D eigenvalue weighted by Gasteiger charge is -2.32. The maximum atomic E-state index is 11.5. The molecule has 0 spiro atoms. The van der Waals surface area contributed by atoms with Crippen molar-refractivity contribution >= 4 is 18.5 Å². The van der Waals surface area contributed by atoms with E-state index in [9.17, 15) is 4.79 Å². The number of benzene rings is 1. The van der Waals surface area contributed by atoms with Gasteiger partial charge in [0.1, 0.15) is 5.75 Å². The number of amides is 1. The Balaban J connectivity index is 1.78. The van der Waals surface area contributed by atoms with Gasteiger partial charge in [0, 0.05) is 12.5 Å². The maximum Gasteiger partial charge on any atom is 0.494 e. The first-order valence-electron chi connectivity index (χ1n) is 8.98. The Morgan fingerprint density at radius 1 is 1.12 bits per heavy atom. The van der Waals surface area contributed by atoms with Crippen LogP contribution in [0.4, 0.5) is 0 Å². The van der Waals surface area contributed by atoms with Crippen molar-refractivity contribution in [3.63, 3.8) is 0 Å². The van der Waals surface area contributed by atoms with E-state index in [1.165, 1.54) is 0 Å². The molecule has 0 bridgehead atoms. The molecular formula is C19H30BNO4. The van der Waals surface area contributed by atoms with E-state index in [1.54, 1.807) is 0 Å². The van der Waals surface area contributed by atoms with Crippen molar-refractivity contribution < 1.29 is 18.8 Å². The second-order valence-electron chi connectivity index (χ2n) is 7.81. The van der Waals surface area contributed by atoms with Gasteiger partial charge in [-0.25, -0.2) is 0 Å². The zero-order valence-corrected chi connectivity index (χ0v) is 16.2. The Hall–Kier alpha value is -1.53. The van der Waals surface area contributed by atoms with Crippen molar-refractivity contribution in [3.8, 4) is 5.75 Å². The van der Waals surface area contributed by atoms with E-state index in [2.05, 4.69) is 5.32 Å². The van der Waals surface area contributed by atoms with Crippen LogP contribution in [-0.2, 0) is 14.1 Å². The molecule has 1 aliphatic rings. The van der Waals surface area contributed by atoms with Crippen LogP contribution in [0.5, 0.6) is 5.75 Å². The average Bonchev–Trinajstić information content (AvgIpc) is 2.75. The van der Waals surface area contributed by atoms with Crippen LogP contribution in [0, 0.1) is 5.92 Å². The number of nitrogens with one attached hydrogen (secondary N) is 1. The van der Waals surface area contributed by atoms with Crippen molar-refractivity contribution in [2.45, 2.75) is 59.2 Å².